The Hall–Kier alpha value is -4.90. The Balaban J connectivity index is 1.42. The van der Waals surface area contributed by atoms with Crippen LogP contribution in [0.1, 0.15) is 10.4 Å². The Labute approximate surface area is 214 Å². The van der Waals surface area contributed by atoms with Gasteiger partial charge in [0.05, 0.1) is 45.4 Å². The normalized spacial score (nSPS) is 11.3. The maximum atomic E-state index is 12.8. The molecule has 184 valence electrons. The molecule has 11 nitrogen and oxygen atoms in total. The molecule has 37 heavy (non-hydrogen) atoms. The molecule has 0 spiro atoms. The molecule has 4 heterocycles. The van der Waals surface area contributed by atoms with Crippen molar-refractivity contribution in [1.29, 1.82) is 0 Å². The van der Waals surface area contributed by atoms with Gasteiger partial charge < -0.3 is 15.2 Å². The number of halogens is 1. The number of aryl methyl sites for hydroxylation is 2. The van der Waals surface area contributed by atoms with Crippen LogP contribution < -0.4 is 16.2 Å². The van der Waals surface area contributed by atoms with Crippen molar-refractivity contribution in [2.45, 2.75) is 0 Å². The fraction of sp³-hybridized carbons (Fsp3) is 0.0800. The summed E-state index contributed by atoms with van der Waals surface area (Å²) in [6.45, 7) is 0. The smallest absolute Gasteiger partial charge is 0.274 e. The van der Waals surface area contributed by atoms with Crippen LogP contribution >= 0.6 is 11.6 Å². The lowest BCUT2D eigenvalue weighted by Crippen LogP contribution is -2.24. The van der Waals surface area contributed by atoms with Gasteiger partial charge in [-0.15, -0.1) is 5.10 Å². The molecule has 0 radical (unpaired) electrons. The number of para-hydroxylation sites is 1. The number of fused-ring (bicyclic) bond motifs is 2. The summed E-state index contributed by atoms with van der Waals surface area (Å²) in [6.07, 6.45) is 6.35. The quantitative estimate of drug-likeness (QED) is 0.320. The fourth-order valence-electron chi connectivity index (χ4n) is 4.19. The van der Waals surface area contributed by atoms with Crippen molar-refractivity contribution >= 4 is 56.5 Å². The Morgan fingerprint density at radius 3 is 2.68 bits per heavy atom. The highest BCUT2D eigenvalue weighted by Gasteiger charge is 2.17. The molecule has 0 saturated carbocycles. The molecule has 6 aromatic rings. The number of aromatic nitrogens is 7. The van der Waals surface area contributed by atoms with E-state index in [4.69, 9.17) is 16.7 Å². The van der Waals surface area contributed by atoms with E-state index < -0.39 is 5.91 Å². The molecule has 0 bridgehead atoms. The molecular formula is C25H20ClN9O2. The standard InChI is InChI=1S/C25H20ClN9O2/c1-33-13-15(9-20(25(33)37)30-24(36)14-10-28-34(2)12-14)35-21-6-4-3-5-16(21)23(32-35)29-19-8-7-18-17(22(19)26)11-27-31-18/h3-13H,1-2H3,(H,27,31)(H,29,32)(H,30,36). The first-order chi connectivity index (χ1) is 17.9. The van der Waals surface area contributed by atoms with Crippen LogP contribution in [-0.2, 0) is 14.1 Å². The van der Waals surface area contributed by atoms with Crippen molar-refractivity contribution in [3.05, 3.63) is 88.2 Å². The SMILES string of the molecule is Cn1cc(C(=O)Nc2cc(-n3nc(Nc4ccc5[nH]ncc5c4Cl)c4ccccc43)cn(C)c2=O)cn1. The summed E-state index contributed by atoms with van der Waals surface area (Å²) in [5.74, 6) is 0.148. The molecule has 0 aliphatic heterocycles. The third-order valence-electron chi connectivity index (χ3n) is 6.03. The second kappa shape index (κ2) is 8.64. The van der Waals surface area contributed by atoms with Gasteiger partial charge in [-0.3, -0.25) is 19.4 Å². The number of pyridine rings is 1. The first kappa shape index (κ1) is 22.6. The van der Waals surface area contributed by atoms with Gasteiger partial charge in [0, 0.05) is 37.3 Å². The van der Waals surface area contributed by atoms with Crippen molar-refractivity contribution in [3.8, 4) is 5.69 Å². The summed E-state index contributed by atoms with van der Waals surface area (Å²) < 4.78 is 4.63. The predicted molar refractivity (Wildman–Crippen MR) is 142 cm³/mol. The van der Waals surface area contributed by atoms with Gasteiger partial charge in [-0.2, -0.15) is 10.2 Å². The molecule has 0 aliphatic rings. The third kappa shape index (κ3) is 3.91. The van der Waals surface area contributed by atoms with Gasteiger partial charge in [-0.25, -0.2) is 4.68 Å². The molecule has 6 rings (SSSR count). The highest BCUT2D eigenvalue weighted by atomic mass is 35.5. The van der Waals surface area contributed by atoms with Gasteiger partial charge in [0.15, 0.2) is 5.82 Å². The van der Waals surface area contributed by atoms with E-state index in [9.17, 15) is 9.59 Å². The molecule has 0 atom stereocenters. The van der Waals surface area contributed by atoms with E-state index in [0.717, 1.165) is 21.8 Å². The first-order valence-electron chi connectivity index (χ1n) is 11.3. The van der Waals surface area contributed by atoms with Crippen LogP contribution in [-0.4, -0.2) is 40.2 Å². The van der Waals surface area contributed by atoms with E-state index >= 15 is 0 Å². The minimum absolute atomic E-state index is 0.122. The molecular weight excluding hydrogens is 494 g/mol. The number of hydrogen-bond acceptors (Lipinski definition) is 6. The zero-order valence-electron chi connectivity index (χ0n) is 19.7. The lowest BCUT2D eigenvalue weighted by Gasteiger charge is -2.10. The molecule has 3 N–H and O–H groups in total. The molecule has 0 saturated heterocycles. The molecule has 4 aromatic heterocycles. The predicted octanol–water partition coefficient (Wildman–Crippen LogP) is 3.98. The molecule has 2 aromatic carbocycles. The summed E-state index contributed by atoms with van der Waals surface area (Å²) in [5, 5.41) is 24.0. The molecule has 1 amide bonds. The van der Waals surface area contributed by atoms with Gasteiger partial charge in [-0.05, 0) is 30.3 Å². The van der Waals surface area contributed by atoms with Gasteiger partial charge in [-0.1, -0.05) is 23.7 Å². The van der Waals surface area contributed by atoms with Crippen molar-refractivity contribution in [1.82, 2.24) is 34.3 Å². The number of benzene rings is 2. The Bertz CT molecular complexity index is 1880. The average Bonchev–Trinajstić information content (AvgIpc) is 3.63. The topological polar surface area (TPSA) is 127 Å². The monoisotopic (exact) mass is 513 g/mol. The Kier molecular flexibility index (Phi) is 5.27. The number of carbonyl (C=O) groups excluding carboxylic acids is 1. The van der Waals surface area contributed by atoms with Crippen LogP contribution in [0.5, 0.6) is 0 Å². The zero-order valence-corrected chi connectivity index (χ0v) is 20.5. The number of hydrogen-bond donors (Lipinski definition) is 3. The maximum absolute atomic E-state index is 12.8. The number of carbonyl (C=O) groups is 1. The number of nitrogens with zero attached hydrogens (tertiary/aromatic N) is 6. The van der Waals surface area contributed by atoms with Crippen LogP contribution in [0.2, 0.25) is 5.02 Å². The van der Waals surface area contributed by atoms with E-state index in [0.29, 0.717) is 27.8 Å². The fourth-order valence-corrected chi connectivity index (χ4v) is 4.46. The average molecular weight is 514 g/mol. The van der Waals surface area contributed by atoms with E-state index in [1.165, 1.54) is 15.4 Å². The Morgan fingerprint density at radius 1 is 1.03 bits per heavy atom. The summed E-state index contributed by atoms with van der Waals surface area (Å²) in [7, 11) is 3.33. The second-order valence-electron chi connectivity index (χ2n) is 8.55. The lowest BCUT2D eigenvalue weighted by atomic mass is 10.2. The molecule has 0 fully saturated rings. The summed E-state index contributed by atoms with van der Waals surface area (Å²) in [5.41, 5.74) is 3.01. The van der Waals surface area contributed by atoms with Crippen molar-refractivity contribution in [3.63, 3.8) is 0 Å². The third-order valence-corrected chi connectivity index (χ3v) is 6.43. The van der Waals surface area contributed by atoms with Crippen LogP contribution in [0.15, 0.2) is 72.0 Å². The Morgan fingerprint density at radius 2 is 1.86 bits per heavy atom. The van der Waals surface area contributed by atoms with Crippen LogP contribution in [0.25, 0.3) is 27.5 Å². The van der Waals surface area contributed by atoms with E-state index in [1.807, 2.05) is 36.4 Å². The number of amides is 1. The van der Waals surface area contributed by atoms with E-state index in [2.05, 4.69) is 25.9 Å². The largest absolute Gasteiger partial charge is 0.337 e. The van der Waals surface area contributed by atoms with Crippen LogP contribution in [0, 0.1) is 0 Å². The van der Waals surface area contributed by atoms with Gasteiger partial charge in [0.2, 0.25) is 0 Å². The highest BCUT2D eigenvalue weighted by Crippen LogP contribution is 2.34. The van der Waals surface area contributed by atoms with Crippen molar-refractivity contribution in [2.75, 3.05) is 10.6 Å². The van der Waals surface area contributed by atoms with Gasteiger partial charge in [0.25, 0.3) is 11.5 Å². The first-order valence-corrected chi connectivity index (χ1v) is 11.6. The van der Waals surface area contributed by atoms with E-state index in [1.54, 1.807) is 43.4 Å². The summed E-state index contributed by atoms with van der Waals surface area (Å²) in [6, 6.07) is 13.0. The second-order valence-corrected chi connectivity index (χ2v) is 8.92. The molecule has 0 unspecified atom stereocenters. The summed E-state index contributed by atoms with van der Waals surface area (Å²) in [4.78, 5) is 25.5. The van der Waals surface area contributed by atoms with Crippen LogP contribution in [0.4, 0.5) is 17.2 Å². The van der Waals surface area contributed by atoms with Crippen molar-refractivity contribution in [2.24, 2.45) is 14.1 Å². The zero-order chi connectivity index (χ0) is 25.7. The molecule has 0 aliphatic carbocycles. The number of anilines is 3. The number of H-pyrrole nitrogens is 1. The number of aromatic amines is 1. The highest BCUT2D eigenvalue weighted by molar-refractivity contribution is 6.38. The summed E-state index contributed by atoms with van der Waals surface area (Å²) >= 11 is 6.63. The number of nitrogens with one attached hydrogen (secondary N) is 3. The lowest BCUT2D eigenvalue weighted by molar-refractivity contribution is 0.102. The minimum Gasteiger partial charge on any atom is -0.337 e. The van der Waals surface area contributed by atoms with Crippen molar-refractivity contribution < 1.29 is 4.79 Å². The molecule has 12 heteroatoms. The number of rotatable bonds is 5. The van der Waals surface area contributed by atoms with Gasteiger partial charge >= 0.3 is 0 Å². The van der Waals surface area contributed by atoms with E-state index in [-0.39, 0.29) is 11.2 Å². The van der Waals surface area contributed by atoms with Crippen LogP contribution in [0.3, 0.4) is 0 Å². The maximum Gasteiger partial charge on any atom is 0.274 e. The van der Waals surface area contributed by atoms with Gasteiger partial charge in [0.1, 0.15) is 5.69 Å². The minimum atomic E-state index is -0.431.